The number of nitrogens with one attached hydrogen (secondary N) is 1. The van der Waals surface area contributed by atoms with Gasteiger partial charge in [-0.3, -0.25) is 9.78 Å². The Balaban J connectivity index is 1.95. The van der Waals surface area contributed by atoms with E-state index in [0.717, 1.165) is 11.8 Å². The van der Waals surface area contributed by atoms with Gasteiger partial charge in [-0.2, -0.15) is 0 Å². The van der Waals surface area contributed by atoms with Crippen LogP contribution < -0.4 is 11.1 Å². The summed E-state index contributed by atoms with van der Waals surface area (Å²) in [5.41, 5.74) is 7.61. The zero-order valence-corrected chi connectivity index (χ0v) is 10.3. The van der Waals surface area contributed by atoms with Gasteiger partial charge in [0.15, 0.2) is 0 Å². The van der Waals surface area contributed by atoms with E-state index in [2.05, 4.69) is 10.3 Å². The zero-order chi connectivity index (χ0) is 13.7. The van der Waals surface area contributed by atoms with E-state index in [4.69, 9.17) is 5.73 Å². The number of hydrogen-bond donors (Lipinski definition) is 2. The number of pyridine rings is 1. The van der Waals surface area contributed by atoms with Crippen molar-refractivity contribution in [3.63, 3.8) is 0 Å². The fourth-order valence-corrected chi connectivity index (χ4v) is 1.58. The van der Waals surface area contributed by atoms with Gasteiger partial charge in [0.2, 0.25) is 0 Å². The molecule has 1 heterocycles. The van der Waals surface area contributed by atoms with Gasteiger partial charge in [0.25, 0.3) is 5.91 Å². The highest BCUT2D eigenvalue weighted by Gasteiger charge is 2.05. The monoisotopic (exact) mass is 259 g/mol. The molecule has 4 nitrogen and oxygen atoms in total. The Kier molecular flexibility index (Phi) is 4.20. The Labute approximate surface area is 110 Å². The third-order valence-electron chi connectivity index (χ3n) is 2.67. The number of benzene rings is 1. The van der Waals surface area contributed by atoms with Crippen LogP contribution in [0.15, 0.2) is 42.6 Å². The minimum atomic E-state index is -0.396. The molecule has 0 radical (unpaired) electrons. The van der Waals surface area contributed by atoms with Crippen molar-refractivity contribution in [1.29, 1.82) is 0 Å². The molecule has 0 spiro atoms. The van der Waals surface area contributed by atoms with E-state index in [-0.39, 0.29) is 12.5 Å². The van der Waals surface area contributed by atoms with Crippen LogP contribution in [0.3, 0.4) is 0 Å². The van der Waals surface area contributed by atoms with E-state index in [1.165, 1.54) is 12.1 Å². The molecule has 0 saturated carbocycles. The molecule has 0 aliphatic carbocycles. The van der Waals surface area contributed by atoms with E-state index < -0.39 is 5.82 Å². The maximum Gasteiger partial charge on any atom is 0.251 e. The molecule has 2 rings (SSSR count). The number of amides is 1. The summed E-state index contributed by atoms with van der Waals surface area (Å²) in [4.78, 5) is 15.7. The van der Waals surface area contributed by atoms with Crippen molar-refractivity contribution in [2.24, 2.45) is 5.73 Å². The number of hydrogen-bond acceptors (Lipinski definition) is 3. The topological polar surface area (TPSA) is 68.0 Å². The minimum Gasteiger partial charge on any atom is -0.346 e. The fourth-order valence-electron chi connectivity index (χ4n) is 1.58. The molecular formula is C14H14FN3O. The van der Waals surface area contributed by atoms with E-state index >= 15 is 0 Å². The van der Waals surface area contributed by atoms with Gasteiger partial charge < -0.3 is 11.1 Å². The molecule has 0 aliphatic heterocycles. The first-order valence-corrected chi connectivity index (χ1v) is 5.86. The lowest BCUT2D eigenvalue weighted by Crippen LogP contribution is -2.23. The summed E-state index contributed by atoms with van der Waals surface area (Å²) < 4.78 is 12.7. The molecule has 0 saturated heterocycles. The first-order valence-electron chi connectivity index (χ1n) is 5.86. The quantitative estimate of drug-likeness (QED) is 0.876. The van der Waals surface area contributed by atoms with Crippen LogP contribution in [-0.4, -0.2) is 10.9 Å². The van der Waals surface area contributed by atoms with Crippen molar-refractivity contribution in [3.05, 3.63) is 65.2 Å². The van der Waals surface area contributed by atoms with Gasteiger partial charge in [0.1, 0.15) is 5.82 Å². The summed E-state index contributed by atoms with van der Waals surface area (Å²) in [6.45, 7) is 0.707. The number of rotatable bonds is 4. The molecule has 98 valence electrons. The molecule has 0 fully saturated rings. The van der Waals surface area contributed by atoms with Crippen molar-refractivity contribution in [1.82, 2.24) is 10.3 Å². The third-order valence-corrected chi connectivity index (χ3v) is 2.67. The third kappa shape index (κ3) is 3.59. The Hall–Kier alpha value is -2.27. The van der Waals surface area contributed by atoms with Crippen LogP contribution in [0.25, 0.3) is 0 Å². The second-order valence-electron chi connectivity index (χ2n) is 4.05. The van der Waals surface area contributed by atoms with Crippen LogP contribution in [0.2, 0.25) is 0 Å². The zero-order valence-electron chi connectivity index (χ0n) is 10.3. The largest absolute Gasteiger partial charge is 0.346 e. The van der Waals surface area contributed by atoms with Crippen LogP contribution in [0, 0.1) is 5.82 Å². The molecule has 3 N–H and O–H groups in total. The van der Waals surface area contributed by atoms with Crippen molar-refractivity contribution in [2.75, 3.05) is 0 Å². The molecular weight excluding hydrogens is 245 g/mol. The molecule has 5 heteroatoms. The average Bonchev–Trinajstić information content (AvgIpc) is 2.46. The van der Waals surface area contributed by atoms with E-state index in [1.807, 2.05) is 12.1 Å². The summed E-state index contributed by atoms with van der Waals surface area (Å²) >= 11 is 0. The molecule has 0 bridgehead atoms. The molecule has 0 atom stereocenters. The van der Waals surface area contributed by atoms with Crippen molar-refractivity contribution >= 4 is 5.91 Å². The number of halogens is 1. The van der Waals surface area contributed by atoms with Crippen molar-refractivity contribution in [2.45, 2.75) is 13.1 Å². The molecule has 1 amide bonds. The number of nitrogens with two attached hydrogens (primary N) is 1. The van der Waals surface area contributed by atoms with Gasteiger partial charge in [-0.15, -0.1) is 0 Å². The lowest BCUT2D eigenvalue weighted by Gasteiger charge is -2.05. The van der Waals surface area contributed by atoms with E-state index in [0.29, 0.717) is 17.8 Å². The van der Waals surface area contributed by atoms with Crippen LogP contribution in [0.1, 0.15) is 21.6 Å². The Bertz CT molecular complexity index is 552. The second-order valence-corrected chi connectivity index (χ2v) is 4.05. The number of carbonyl (C=O) groups is 1. The smallest absolute Gasteiger partial charge is 0.251 e. The predicted molar refractivity (Wildman–Crippen MR) is 69.7 cm³/mol. The lowest BCUT2D eigenvalue weighted by molar-refractivity contribution is 0.0950. The van der Waals surface area contributed by atoms with Gasteiger partial charge in [0, 0.05) is 12.1 Å². The summed E-state index contributed by atoms with van der Waals surface area (Å²) in [5.74, 6) is -0.595. The maximum absolute atomic E-state index is 12.7. The molecule has 2 aromatic rings. The van der Waals surface area contributed by atoms with Gasteiger partial charge >= 0.3 is 0 Å². The summed E-state index contributed by atoms with van der Waals surface area (Å²) in [5, 5.41) is 2.72. The summed E-state index contributed by atoms with van der Waals surface area (Å²) in [7, 11) is 0. The highest BCUT2D eigenvalue weighted by molar-refractivity contribution is 5.94. The molecule has 0 unspecified atom stereocenters. The van der Waals surface area contributed by atoms with Gasteiger partial charge in [0.05, 0.1) is 18.4 Å². The first-order chi connectivity index (χ1) is 9.19. The normalized spacial score (nSPS) is 10.2. The van der Waals surface area contributed by atoms with Crippen molar-refractivity contribution in [3.8, 4) is 0 Å². The van der Waals surface area contributed by atoms with Gasteiger partial charge in [-0.05, 0) is 29.8 Å². The Morgan fingerprint density at radius 2 is 1.95 bits per heavy atom. The van der Waals surface area contributed by atoms with Crippen LogP contribution in [-0.2, 0) is 13.1 Å². The summed E-state index contributed by atoms with van der Waals surface area (Å²) in [6, 6.07) is 9.90. The standard InChI is InChI=1S/C14H14FN3O/c15-12-5-6-13(17-8-12)9-18-14(19)11-3-1-10(7-16)2-4-11/h1-6,8H,7,9,16H2,(H,18,19). The van der Waals surface area contributed by atoms with Gasteiger partial charge in [-0.1, -0.05) is 12.1 Å². The lowest BCUT2D eigenvalue weighted by atomic mass is 10.1. The minimum absolute atomic E-state index is 0.199. The van der Waals surface area contributed by atoms with Crippen LogP contribution in [0.5, 0.6) is 0 Å². The Morgan fingerprint density at radius 3 is 2.53 bits per heavy atom. The Morgan fingerprint density at radius 1 is 1.21 bits per heavy atom. The second kappa shape index (κ2) is 6.06. The van der Waals surface area contributed by atoms with Crippen molar-refractivity contribution < 1.29 is 9.18 Å². The molecule has 19 heavy (non-hydrogen) atoms. The maximum atomic E-state index is 12.7. The van der Waals surface area contributed by atoms with Gasteiger partial charge in [-0.25, -0.2) is 4.39 Å². The van der Waals surface area contributed by atoms with E-state index in [1.54, 1.807) is 12.1 Å². The number of aromatic nitrogens is 1. The fraction of sp³-hybridized carbons (Fsp3) is 0.143. The number of carbonyl (C=O) groups excluding carboxylic acids is 1. The highest BCUT2D eigenvalue weighted by Crippen LogP contribution is 2.04. The molecule has 1 aromatic heterocycles. The van der Waals surface area contributed by atoms with E-state index in [9.17, 15) is 9.18 Å². The summed E-state index contributed by atoms with van der Waals surface area (Å²) in [6.07, 6.45) is 1.12. The van der Waals surface area contributed by atoms with Crippen LogP contribution >= 0.6 is 0 Å². The average molecular weight is 259 g/mol. The first kappa shape index (κ1) is 13.2. The SMILES string of the molecule is NCc1ccc(C(=O)NCc2ccc(F)cn2)cc1. The van der Waals surface area contributed by atoms with Crippen LogP contribution in [0.4, 0.5) is 4.39 Å². The predicted octanol–water partition coefficient (Wildman–Crippen LogP) is 1.61. The molecule has 0 aliphatic rings. The molecule has 1 aromatic carbocycles. The highest BCUT2D eigenvalue weighted by atomic mass is 19.1. The number of nitrogens with zero attached hydrogens (tertiary/aromatic N) is 1.